The van der Waals surface area contributed by atoms with Gasteiger partial charge in [0.05, 0.1) is 17.9 Å². The zero-order valence-corrected chi connectivity index (χ0v) is 14.2. The van der Waals surface area contributed by atoms with Gasteiger partial charge in [0.25, 0.3) is 0 Å². The van der Waals surface area contributed by atoms with Crippen molar-refractivity contribution in [1.82, 2.24) is 10.2 Å². The Kier molecular flexibility index (Phi) is 4.85. The van der Waals surface area contributed by atoms with Gasteiger partial charge >= 0.3 is 0 Å². The van der Waals surface area contributed by atoms with Crippen LogP contribution in [0.25, 0.3) is 0 Å². The van der Waals surface area contributed by atoms with E-state index in [9.17, 15) is 4.79 Å². The second-order valence-corrected chi connectivity index (χ2v) is 7.46. The maximum Gasteiger partial charge on any atom is 0.206 e. The van der Waals surface area contributed by atoms with Gasteiger partial charge in [0.2, 0.25) is 5.13 Å². The fourth-order valence-corrected chi connectivity index (χ4v) is 3.76. The first-order valence-electron chi connectivity index (χ1n) is 6.75. The van der Waals surface area contributed by atoms with Crippen LogP contribution in [0, 0.1) is 0 Å². The molecule has 5 nitrogen and oxygen atoms in total. The summed E-state index contributed by atoms with van der Waals surface area (Å²) in [6.07, 6.45) is 2.39. The average Bonchev–Trinajstić information content (AvgIpc) is 3.21. The molecule has 2 aromatic rings. The Bertz CT molecular complexity index is 688. The molecule has 1 aliphatic rings. The summed E-state index contributed by atoms with van der Waals surface area (Å²) in [5.41, 5.74) is 0.569. The number of carbonyl (C=O) groups is 1. The number of nitrogens with zero attached hydrogens (tertiary/aromatic N) is 2. The Morgan fingerprint density at radius 1 is 1.50 bits per heavy atom. The van der Waals surface area contributed by atoms with Crippen LogP contribution in [-0.2, 0) is 0 Å². The minimum absolute atomic E-state index is 0.00135. The molecule has 0 atom stereocenters. The van der Waals surface area contributed by atoms with E-state index in [1.165, 1.54) is 35.9 Å². The molecule has 0 spiro atoms. The first kappa shape index (κ1) is 15.6. The number of halogens is 1. The monoisotopic (exact) mass is 355 g/mol. The van der Waals surface area contributed by atoms with Crippen LogP contribution >= 0.6 is 34.7 Å². The van der Waals surface area contributed by atoms with Gasteiger partial charge in [0.15, 0.2) is 10.1 Å². The molecular formula is C14H14ClN3O2S2. The van der Waals surface area contributed by atoms with Crippen molar-refractivity contribution in [2.75, 3.05) is 18.2 Å². The number of ether oxygens (including phenoxy) is 1. The van der Waals surface area contributed by atoms with Crippen LogP contribution in [0.1, 0.15) is 23.2 Å². The van der Waals surface area contributed by atoms with E-state index >= 15 is 0 Å². The van der Waals surface area contributed by atoms with Gasteiger partial charge in [0, 0.05) is 11.6 Å². The summed E-state index contributed by atoms with van der Waals surface area (Å²) in [5, 5.41) is 12.7. The Balaban J connectivity index is 1.57. The normalized spacial score (nSPS) is 13.9. The zero-order valence-electron chi connectivity index (χ0n) is 11.8. The van der Waals surface area contributed by atoms with Crippen LogP contribution in [0.3, 0.4) is 0 Å². The molecule has 1 aromatic carbocycles. The SMILES string of the molecule is COc1ccc(C(=O)CSc2nnc(NC3CC3)s2)cc1Cl. The standard InChI is InChI=1S/C14H14ClN3O2S2/c1-20-12-5-2-8(6-10(12)15)11(19)7-21-14-18-17-13(22-14)16-9-3-4-9/h2,5-6,9H,3-4,7H2,1H3,(H,16,17). The van der Waals surface area contributed by atoms with Gasteiger partial charge in [-0.1, -0.05) is 34.7 Å². The van der Waals surface area contributed by atoms with Gasteiger partial charge in [-0.25, -0.2) is 0 Å². The molecule has 22 heavy (non-hydrogen) atoms. The summed E-state index contributed by atoms with van der Waals surface area (Å²) in [6, 6.07) is 5.59. The Labute approximate surface area is 141 Å². The molecule has 3 rings (SSSR count). The molecule has 1 aliphatic carbocycles. The van der Waals surface area contributed by atoms with Crippen LogP contribution < -0.4 is 10.1 Å². The van der Waals surface area contributed by atoms with E-state index in [1.54, 1.807) is 25.3 Å². The summed E-state index contributed by atoms with van der Waals surface area (Å²) in [6.45, 7) is 0. The predicted octanol–water partition coefficient (Wildman–Crippen LogP) is 3.75. The predicted molar refractivity (Wildman–Crippen MR) is 89.6 cm³/mol. The second-order valence-electron chi connectivity index (χ2n) is 4.85. The minimum Gasteiger partial charge on any atom is -0.495 e. The number of nitrogens with one attached hydrogen (secondary N) is 1. The second kappa shape index (κ2) is 6.85. The van der Waals surface area contributed by atoms with Crippen molar-refractivity contribution in [1.29, 1.82) is 0 Å². The van der Waals surface area contributed by atoms with Crippen LogP contribution in [-0.4, -0.2) is 34.9 Å². The van der Waals surface area contributed by atoms with E-state index < -0.39 is 0 Å². The van der Waals surface area contributed by atoms with Crippen molar-refractivity contribution in [3.63, 3.8) is 0 Å². The molecule has 0 saturated heterocycles. The lowest BCUT2D eigenvalue weighted by atomic mass is 10.1. The highest BCUT2D eigenvalue weighted by Crippen LogP contribution is 2.31. The first-order valence-corrected chi connectivity index (χ1v) is 8.93. The number of Topliss-reactive ketones (excluding diaryl/α,β-unsaturated/α-hetero) is 1. The highest BCUT2D eigenvalue weighted by molar-refractivity contribution is 8.01. The lowest BCUT2D eigenvalue weighted by Gasteiger charge is -2.04. The van der Waals surface area contributed by atoms with E-state index in [4.69, 9.17) is 16.3 Å². The van der Waals surface area contributed by atoms with Crippen molar-refractivity contribution >= 4 is 45.6 Å². The maximum atomic E-state index is 12.2. The molecular weight excluding hydrogens is 342 g/mol. The number of carbonyl (C=O) groups excluding carboxylic acids is 1. The lowest BCUT2D eigenvalue weighted by Crippen LogP contribution is -2.02. The van der Waals surface area contributed by atoms with Crippen LogP contribution in [0.15, 0.2) is 22.5 Å². The molecule has 0 bridgehead atoms. The third-order valence-corrected chi connectivity index (χ3v) is 5.40. The summed E-state index contributed by atoms with van der Waals surface area (Å²) in [7, 11) is 1.54. The third kappa shape index (κ3) is 3.91. The number of hydrogen-bond donors (Lipinski definition) is 1. The smallest absolute Gasteiger partial charge is 0.206 e. The van der Waals surface area contributed by atoms with Gasteiger partial charge in [-0.3, -0.25) is 4.79 Å². The molecule has 1 N–H and O–H groups in total. The summed E-state index contributed by atoms with van der Waals surface area (Å²) < 4.78 is 5.86. The number of methoxy groups -OCH3 is 1. The molecule has 1 saturated carbocycles. The molecule has 1 heterocycles. The molecule has 8 heteroatoms. The Morgan fingerprint density at radius 2 is 2.32 bits per heavy atom. The summed E-state index contributed by atoms with van der Waals surface area (Å²) >= 11 is 8.90. The van der Waals surface area contributed by atoms with Crippen LogP contribution in [0.2, 0.25) is 5.02 Å². The Morgan fingerprint density at radius 3 is 3.00 bits per heavy atom. The molecule has 0 radical (unpaired) electrons. The molecule has 0 amide bonds. The van der Waals surface area contributed by atoms with Gasteiger partial charge in [-0.15, -0.1) is 10.2 Å². The van der Waals surface area contributed by atoms with Gasteiger partial charge in [-0.2, -0.15) is 0 Å². The van der Waals surface area contributed by atoms with Crippen LogP contribution in [0.5, 0.6) is 5.75 Å². The van der Waals surface area contributed by atoms with E-state index in [-0.39, 0.29) is 5.78 Å². The molecule has 116 valence electrons. The number of thioether (sulfide) groups is 1. The van der Waals surface area contributed by atoms with Crippen molar-refractivity contribution in [3.8, 4) is 5.75 Å². The van der Waals surface area contributed by atoms with Crippen LogP contribution in [0.4, 0.5) is 5.13 Å². The number of benzene rings is 1. The maximum absolute atomic E-state index is 12.2. The molecule has 0 unspecified atom stereocenters. The van der Waals surface area contributed by atoms with Crippen molar-refractivity contribution in [2.24, 2.45) is 0 Å². The highest BCUT2D eigenvalue weighted by atomic mass is 35.5. The van der Waals surface area contributed by atoms with Crippen molar-refractivity contribution in [2.45, 2.75) is 23.2 Å². The fraction of sp³-hybridized carbons (Fsp3) is 0.357. The van der Waals surface area contributed by atoms with E-state index in [0.29, 0.717) is 28.1 Å². The van der Waals surface area contributed by atoms with Crippen molar-refractivity contribution in [3.05, 3.63) is 28.8 Å². The first-order chi connectivity index (χ1) is 10.7. The summed E-state index contributed by atoms with van der Waals surface area (Å²) in [4.78, 5) is 12.2. The van der Waals surface area contributed by atoms with Gasteiger partial charge < -0.3 is 10.1 Å². The third-order valence-electron chi connectivity index (χ3n) is 3.11. The number of anilines is 1. The lowest BCUT2D eigenvalue weighted by molar-refractivity contribution is 0.102. The van der Waals surface area contributed by atoms with E-state index in [2.05, 4.69) is 15.5 Å². The van der Waals surface area contributed by atoms with E-state index in [0.717, 1.165) is 9.47 Å². The number of ketones is 1. The fourth-order valence-electron chi connectivity index (χ4n) is 1.78. The number of rotatable bonds is 7. The topological polar surface area (TPSA) is 64.1 Å². The average molecular weight is 356 g/mol. The Hall–Kier alpha value is -1.31. The zero-order chi connectivity index (χ0) is 15.5. The largest absolute Gasteiger partial charge is 0.495 e. The quantitative estimate of drug-likeness (QED) is 0.602. The number of hydrogen-bond acceptors (Lipinski definition) is 7. The summed E-state index contributed by atoms with van der Waals surface area (Å²) in [5.74, 6) is 0.869. The molecule has 0 aliphatic heterocycles. The van der Waals surface area contributed by atoms with Gasteiger partial charge in [0.1, 0.15) is 5.75 Å². The highest BCUT2D eigenvalue weighted by Gasteiger charge is 2.22. The van der Waals surface area contributed by atoms with E-state index in [1.807, 2.05) is 0 Å². The van der Waals surface area contributed by atoms with Crippen molar-refractivity contribution < 1.29 is 9.53 Å². The number of aromatic nitrogens is 2. The van der Waals surface area contributed by atoms with Gasteiger partial charge in [-0.05, 0) is 31.0 Å². The molecule has 1 fully saturated rings. The minimum atomic E-state index is 0.00135. The molecule has 1 aromatic heterocycles.